The summed E-state index contributed by atoms with van der Waals surface area (Å²) in [7, 11) is 0. The van der Waals surface area contributed by atoms with Crippen molar-refractivity contribution in [1.29, 1.82) is 0 Å². The first-order chi connectivity index (χ1) is 20.9. The second-order valence-corrected chi connectivity index (χ2v) is 13.5. The highest BCUT2D eigenvalue weighted by Gasteiger charge is 2.48. The Bertz CT molecular complexity index is 1330. The first-order valence-electron chi connectivity index (χ1n) is 16.5. The van der Waals surface area contributed by atoms with E-state index in [2.05, 4.69) is 131 Å². The van der Waals surface area contributed by atoms with Crippen LogP contribution in [0.3, 0.4) is 0 Å². The normalized spacial score (nSPS) is 25.6. The lowest BCUT2D eigenvalue weighted by molar-refractivity contribution is 0.0640. The Labute approximate surface area is 257 Å². The molecule has 226 valence electrons. The molecule has 1 amide bonds. The van der Waals surface area contributed by atoms with Crippen molar-refractivity contribution >= 4 is 17.3 Å². The van der Waals surface area contributed by atoms with Gasteiger partial charge in [-0.1, -0.05) is 54.6 Å². The molecule has 0 radical (unpaired) electrons. The van der Waals surface area contributed by atoms with Crippen LogP contribution in [-0.2, 0) is 0 Å². The van der Waals surface area contributed by atoms with Gasteiger partial charge < -0.3 is 14.7 Å². The zero-order valence-corrected chi connectivity index (χ0v) is 26.3. The van der Waals surface area contributed by atoms with Crippen LogP contribution in [0.1, 0.15) is 86.9 Å². The lowest BCUT2D eigenvalue weighted by Crippen LogP contribution is -2.44. The second kappa shape index (κ2) is 11.6. The van der Waals surface area contributed by atoms with Gasteiger partial charge >= 0.3 is 0 Å². The molecule has 0 aromatic heterocycles. The average molecular weight is 578 g/mol. The Balaban J connectivity index is 1.43. The average Bonchev–Trinajstić information content (AvgIpc) is 3.78. The molecule has 0 saturated carbocycles. The Kier molecular flexibility index (Phi) is 7.68. The molecule has 0 aliphatic carbocycles. The summed E-state index contributed by atoms with van der Waals surface area (Å²) in [5.74, 6) is 0.185. The molecule has 0 spiro atoms. The summed E-state index contributed by atoms with van der Waals surface area (Å²) >= 11 is 0. The number of hydrogen-bond acceptors (Lipinski definition) is 5. The standard InChI is InChI=1S/C37H47N5O/c1-26(2)42(27(3)4)37(43)34-30(35-32-20-12-22-38(32)24-40(35)28-14-7-5-8-15-28)18-11-19-31(34)36-33-21-13-23-39(33)25-41(36)29-16-9-6-10-17-29/h5-11,14-19,26-27,32-33,35-36H,12-13,20-25H2,1-4H3/t32-,33+,35?,36?. The fourth-order valence-corrected chi connectivity index (χ4v) is 8.75. The molecule has 3 aromatic carbocycles. The predicted octanol–water partition coefficient (Wildman–Crippen LogP) is 6.91. The molecule has 3 aromatic rings. The van der Waals surface area contributed by atoms with Crippen molar-refractivity contribution in [1.82, 2.24) is 14.7 Å². The van der Waals surface area contributed by atoms with E-state index in [4.69, 9.17) is 0 Å². The van der Waals surface area contributed by atoms with Gasteiger partial charge in [0.1, 0.15) is 0 Å². The maximum atomic E-state index is 15.1. The molecule has 43 heavy (non-hydrogen) atoms. The van der Waals surface area contributed by atoms with Gasteiger partial charge in [0.15, 0.2) is 0 Å². The quantitative estimate of drug-likeness (QED) is 0.305. The molecule has 4 aliphatic rings. The zero-order chi connectivity index (χ0) is 29.7. The molecule has 7 rings (SSSR count). The van der Waals surface area contributed by atoms with E-state index >= 15 is 4.79 Å². The second-order valence-electron chi connectivity index (χ2n) is 13.5. The Morgan fingerprint density at radius 3 is 1.51 bits per heavy atom. The van der Waals surface area contributed by atoms with Gasteiger partial charge in [-0.2, -0.15) is 0 Å². The number of carbonyl (C=O) groups excluding carboxylic acids is 1. The lowest BCUT2D eigenvalue weighted by atomic mass is 9.85. The number of amides is 1. The van der Waals surface area contributed by atoms with Crippen LogP contribution in [0.2, 0.25) is 0 Å². The number of benzene rings is 3. The summed E-state index contributed by atoms with van der Waals surface area (Å²) in [6, 6.07) is 29.8. The number of carbonyl (C=O) groups is 1. The van der Waals surface area contributed by atoms with Gasteiger partial charge in [0.2, 0.25) is 0 Å². The molecule has 0 bridgehead atoms. The van der Waals surface area contributed by atoms with E-state index < -0.39 is 0 Å². The summed E-state index contributed by atoms with van der Waals surface area (Å²) < 4.78 is 0. The molecule has 0 N–H and O–H groups in total. The maximum Gasteiger partial charge on any atom is 0.255 e. The smallest absolute Gasteiger partial charge is 0.255 e. The van der Waals surface area contributed by atoms with Crippen molar-refractivity contribution in [2.75, 3.05) is 36.2 Å². The van der Waals surface area contributed by atoms with E-state index in [-0.39, 0.29) is 30.1 Å². The maximum absolute atomic E-state index is 15.1. The van der Waals surface area contributed by atoms with Crippen LogP contribution in [0.25, 0.3) is 0 Å². The number of fused-ring (bicyclic) bond motifs is 2. The SMILES string of the molecule is CC(C)N(C(=O)c1c(C2[C@H]3CCCN3CN2c2ccccc2)cccc1C1[C@@H]2CCCN2CN1c1ccccc1)C(C)C. The number of anilines is 2. The topological polar surface area (TPSA) is 33.3 Å². The Morgan fingerprint density at radius 1 is 0.651 bits per heavy atom. The fourth-order valence-electron chi connectivity index (χ4n) is 8.75. The molecule has 6 nitrogen and oxygen atoms in total. The summed E-state index contributed by atoms with van der Waals surface area (Å²) in [6.45, 7) is 12.7. The van der Waals surface area contributed by atoms with Crippen LogP contribution in [0.15, 0.2) is 78.9 Å². The minimum absolute atomic E-state index is 0.113. The van der Waals surface area contributed by atoms with Crippen LogP contribution in [-0.4, -0.2) is 71.2 Å². The largest absolute Gasteiger partial charge is 0.350 e. The van der Waals surface area contributed by atoms with E-state index in [1.54, 1.807) is 0 Å². The molecule has 4 saturated heterocycles. The van der Waals surface area contributed by atoms with E-state index in [1.807, 2.05) is 0 Å². The summed E-state index contributed by atoms with van der Waals surface area (Å²) in [4.78, 5) is 27.7. The highest BCUT2D eigenvalue weighted by molar-refractivity contribution is 5.98. The van der Waals surface area contributed by atoms with Gasteiger partial charge in [0, 0.05) is 48.6 Å². The molecule has 6 heteroatoms. The minimum Gasteiger partial charge on any atom is -0.350 e. The Morgan fingerprint density at radius 2 is 1.09 bits per heavy atom. The van der Waals surface area contributed by atoms with Crippen molar-refractivity contribution in [2.45, 2.75) is 89.6 Å². The summed E-state index contributed by atoms with van der Waals surface area (Å²) in [5, 5.41) is 0. The first kappa shape index (κ1) is 28.4. The van der Waals surface area contributed by atoms with Crippen molar-refractivity contribution in [2.24, 2.45) is 0 Å². The third-order valence-corrected chi connectivity index (χ3v) is 10.4. The monoisotopic (exact) mass is 577 g/mol. The van der Waals surface area contributed by atoms with E-state index in [0.29, 0.717) is 12.1 Å². The van der Waals surface area contributed by atoms with Crippen LogP contribution >= 0.6 is 0 Å². The lowest BCUT2D eigenvalue weighted by Gasteiger charge is -2.37. The summed E-state index contributed by atoms with van der Waals surface area (Å²) in [6.07, 6.45) is 4.77. The van der Waals surface area contributed by atoms with Gasteiger partial charge in [-0.25, -0.2) is 0 Å². The highest BCUT2D eigenvalue weighted by atomic mass is 16.2. The molecule has 4 aliphatic heterocycles. The van der Waals surface area contributed by atoms with Crippen LogP contribution in [0.4, 0.5) is 11.4 Å². The van der Waals surface area contributed by atoms with E-state index in [0.717, 1.165) is 32.0 Å². The molecular formula is C37H47N5O. The van der Waals surface area contributed by atoms with Crippen LogP contribution in [0, 0.1) is 0 Å². The van der Waals surface area contributed by atoms with Crippen LogP contribution in [0.5, 0.6) is 0 Å². The molecule has 2 unspecified atom stereocenters. The molecule has 4 atom stereocenters. The minimum atomic E-state index is 0.113. The molecule has 4 heterocycles. The third-order valence-electron chi connectivity index (χ3n) is 10.4. The number of hydrogen-bond donors (Lipinski definition) is 0. The van der Waals surface area contributed by atoms with E-state index in [1.165, 1.54) is 48.2 Å². The van der Waals surface area contributed by atoms with Crippen LogP contribution < -0.4 is 9.80 Å². The van der Waals surface area contributed by atoms with Crippen molar-refractivity contribution in [3.8, 4) is 0 Å². The molecular weight excluding hydrogens is 530 g/mol. The highest BCUT2D eigenvalue weighted by Crippen LogP contribution is 2.48. The zero-order valence-electron chi connectivity index (χ0n) is 26.3. The first-order valence-corrected chi connectivity index (χ1v) is 16.5. The van der Waals surface area contributed by atoms with Gasteiger partial charge in [-0.3, -0.25) is 14.6 Å². The van der Waals surface area contributed by atoms with E-state index in [9.17, 15) is 0 Å². The van der Waals surface area contributed by atoms with Gasteiger partial charge in [-0.05, 0) is 88.8 Å². The predicted molar refractivity (Wildman–Crippen MR) is 175 cm³/mol. The third kappa shape index (κ3) is 4.93. The van der Waals surface area contributed by atoms with Gasteiger partial charge in [0.05, 0.1) is 31.0 Å². The Hall–Kier alpha value is -3.35. The number of para-hydroxylation sites is 2. The van der Waals surface area contributed by atoms with Crippen molar-refractivity contribution < 1.29 is 4.79 Å². The van der Waals surface area contributed by atoms with Crippen molar-refractivity contribution in [3.63, 3.8) is 0 Å². The van der Waals surface area contributed by atoms with Gasteiger partial charge in [0.25, 0.3) is 5.91 Å². The van der Waals surface area contributed by atoms with Crippen molar-refractivity contribution in [3.05, 3.63) is 95.6 Å². The fraction of sp³-hybridized carbons (Fsp3) is 0.486. The molecule has 4 fully saturated rings. The number of rotatable bonds is 7. The van der Waals surface area contributed by atoms with Gasteiger partial charge in [-0.15, -0.1) is 0 Å². The number of nitrogens with zero attached hydrogens (tertiary/aromatic N) is 5. The summed E-state index contributed by atoms with van der Waals surface area (Å²) in [5.41, 5.74) is 5.84.